The molecule has 0 heterocycles. The first-order valence-corrected chi connectivity index (χ1v) is 6.79. The Morgan fingerprint density at radius 2 is 2.00 bits per heavy atom. The van der Waals surface area contributed by atoms with Crippen LogP contribution in [0.3, 0.4) is 0 Å². The maximum absolute atomic E-state index is 13.4. The van der Waals surface area contributed by atoms with Crippen molar-refractivity contribution >= 4 is 11.9 Å². The monoisotopic (exact) mass is 279 g/mol. The van der Waals surface area contributed by atoms with E-state index in [-0.39, 0.29) is 11.6 Å². The molecule has 2 N–H and O–H groups in total. The van der Waals surface area contributed by atoms with Crippen molar-refractivity contribution in [1.29, 1.82) is 0 Å². The van der Waals surface area contributed by atoms with E-state index in [2.05, 4.69) is 5.32 Å². The van der Waals surface area contributed by atoms with Gasteiger partial charge in [-0.3, -0.25) is 9.59 Å². The van der Waals surface area contributed by atoms with Gasteiger partial charge in [-0.2, -0.15) is 0 Å². The molecule has 0 aliphatic heterocycles. The van der Waals surface area contributed by atoms with Crippen LogP contribution in [0.15, 0.2) is 18.2 Å². The highest BCUT2D eigenvalue weighted by Gasteiger charge is 2.31. The number of hydrogen-bond acceptors (Lipinski definition) is 2. The molecule has 1 aromatic carbocycles. The van der Waals surface area contributed by atoms with Crippen LogP contribution in [0.2, 0.25) is 0 Å². The molecule has 0 spiro atoms. The molecule has 108 valence electrons. The van der Waals surface area contributed by atoms with Crippen molar-refractivity contribution in [3.8, 4) is 0 Å². The van der Waals surface area contributed by atoms with Crippen molar-refractivity contribution in [2.75, 3.05) is 0 Å². The van der Waals surface area contributed by atoms with Crippen LogP contribution in [-0.4, -0.2) is 23.0 Å². The van der Waals surface area contributed by atoms with E-state index in [1.807, 2.05) is 0 Å². The Kier molecular flexibility index (Phi) is 4.37. The number of aliphatic carboxylic acids is 1. The Bertz CT molecular complexity index is 530. The van der Waals surface area contributed by atoms with Crippen molar-refractivity contribution in [3.05, 3.63) is 35.1 Å². The minimum absolute atomic E-state index is 0.225. The first-order chi connectivity index (χ1) is 9.49. The van der Waals surface area contributed by atoms with Crippen molar-refractivity contribution in [2.24, 2.45) is 5.92 Å². The van der Waals surface area contributed by atoms with Crippen molar-refractivity contribution in [2.45, 2.75) is 38.6 Å². The number of carbonyl (C=O) groups is 2. The Morgan fingerprint density at radius 1 is 1.30 bits per heavy atom. The zero-order valence-corrected chi connectivity index (χ0v) is 11.4. The third-order valence-corrected chi connectivity index (χ3v) is 3.83. The average Bonchev–Trinajstić information content (AvgIpc) is 2.42. The van der Waals surface area contributed by atoms with Crippen LogP contribution in [-0.2, 0) is 4.79 Å². The van der Waals surface area contributed by atoms with E-state index >= 15 is 0 Å². The molecule has 1 aliphatic rings. The molecule has 1 aliphatic carbocycles. The summed E-state index contributed by atoms with van der Waals surface area (Å²) in [6.07, 6.45) is 2.99. The molecular weight excluding hydrogens is 261 g/mol. The Labute approximate surface area is 117 Å². The van der Waals surface area contributed by atoms with Crippen molar-refractivity contribution in [3.63, 3.8) is 0 Å². The summed E-state index contributed by atoms with van der Waals surface area (Å²) in [7, 11) is 0. The Hall–Kier alpha value is -1.91. The third-order valence-electron chi connectivity index (χ3n) is 3.83. The van der Waals surface area contributed by atoms with E-state index in [4.69, 9.17) is 5.11 Å². The van der Waals surface area contributed by atoms with Crippen LogP contribution in [0.5, 0.6) is 0 Å². The standard InChI is InChI=1S/C15H18FNO3/c1-9-6-7-10(8-12(9)16)14(18)17-13-5-3-2-4-11(13)15(19)20/h6-8,11,13H,2-5H2,1H3,(H,17,18)(H,19,20). The second-order valence-electron chi connectivity index (χ2n) is 5.27. The summed E-state index contributed by atoms with van der Waals surface area (Å²) in [6.45, 7) is 1.62. The smallest absolute Gasteiger partial charge is 0.308 e. The first kappa shape index (κ1) is 14.5. The number of amides is 1. The predicted octanol–water partition coefficient (Wildman–Crippen LogP) is 2.51. The summed E-state index contributed by atoms with van der Waals surface area (Å²) in [5.41, 5.74) is 0.699. The normalized spacial score (nSPS) is 22.3. The summed E-state index contributed by atoms with van der Waals surface area (Å²) < 4.78 is 13.4. The van der Waals surface area contributed by atoms with E-state index in [9.17, 15) is 14.0 Å². The number of carboxylic acids is 1. The van der Waals surface area contributed by atoms with Gasteiger partial charge in [-0.05, 0) is 37.5 Å². The maximum Gasteiger partial charge on any atom is 0.308 e. The van der Waals surface area contributed by atoms with E-state index in [1.54, 1.807) is 19.1 Å². The zero-order chi connectivity index (χ0) is 14.7. The highest BCUT2D eigenvalue weighted by molar-refractivity contribution is 5.94. The topological polar surface area (TPSA) is 66.4 Å². The molecule has 2 unspecified atom stereocenters. The predicted molar refractivity (Wildman–Crippen MR) is 72.0 cm³/mol. The maximum atomic E-state index is 13.4. The van der Waals surface area contributed by atoms with Gasteiger partial charge in [-0.25, -0.2) is 4.39 Å². The molecule has 0 aromatic heterocycles. The van der Waals surface area contributed by atoms with Crippen LogP contribution < -0.4 is 5.32 Å². The fraction of sp³-hybridized carbons (Fsp3) is 0.467. The second kappa shape index (κ2) is 6.03. The van der Waals surface area contributed by atoms with Crippen LogP contribution >= 0.6 is 0 Å². The lowest BCUT2D eigenvalue weighted by Gasteiger charge is -2.29. The molecule has 2 atom stereocenters. The number of nitrogens with one attached hydrogen (secondary N) is 1. The third kappa shape index (κ3) is 3.15. The number of rotatable bonds is 3. The largest absolute Gasteiger partial charge is 0.481 e. The second-order valence-corrected chi connectivity index (χ2v) is 5.27. The molecule has 20 heavy (non-hydrogen) atoms. The molecule has 0 saturated heterocycles. The lowest BCUT2D eigenvalue weighted by atomic mass is 9.84. The number of carboxylic acid groups (broad SMARTS) is 1. The number of hydrogen-bond donors (Lipinski definition) is 2. The molecule has 1 aromatic rings. The molecule has 5 heteroatoms. The van der Waals surface area contributed by atoms with Crippen LogP contribution in [0.4, 0.5) is 4.39 Å². The summed E-state index contributed by atoms with van der Waals surface area (Å²) in [5.74, 6) is -2.29. The minimum Gasteiger partial charge on any atom is -0.481 e. The minimum atomic E-state index is -0.884. The highest BCUT2D eigenvalue weighted by atomic mass is 19.1. The quantitative estimate of drug-likeness (QED) is 0.893. The molecule has 1 amide bonds. The molecule has 1 fully saturated rings. The fourth-order valence-electron chi connectivity index (χ4n) is 2.59. The van der Waals surface area contributed by atoms with E-state index in [0.29, 0.717) is 18.4 Å². The van der Waals surface area contributed by atoms with Gasteiger partial charge in [-0.1, -0.05) is 18.9 Å². The van der Waals surface area contributed by atoms with Gasteiger partial charge < -0.3 is 10.4 Å². The lowest BCUT2D eigenvalue weighted by Crippen LogP contribution is -2.45. The zero-order valence-electron chi connectivity index (χ0n) is 11.4. The van der Waals surface area contributed by atoms with Gasteiger partial charge in [0.1, 0.15) is 5.82 Å². The summed E-state index contributed by atoms with van der Waals surface area (Å²) >= 11 is 0. The Morgan fingerprint density at radius 3 is 2.65 bits per heavy atom. The number of carbonyl (C=O) groups excluding carboxylic acids is 1. The van der Waals surface area contributed by atoms with Gasteiger partial charge in [0.25, 0.3) is 5.91 Å². The average molecular weight is 279 g/mol. The van der Waals surface area contributed by atoms with Crippen LogP contribution in [0.25, 0.3) is 0 Å². The molecule has 1 saturated carbocycles. The molecule has 4 nitrogen and oxygen atoms in total. The van der Waals surface area contributed by atoms with Gasteiger partial charge in [0, 0.05) is 11.6 Å². The van der Waals surface area contributed by atoms with Gasteiger partial charge >= 0.3 is 5.97 Å². The Balaban J connectivity index is 2.09. The first-order valence-electron chi connectivity index (χ1n) is 6.79. The summed E-state index contributed by atoms with van der Waals surface area (Å²) in [4.78, 5) is 23.2. The van der Waals surface area contributed by atoms with Gasteiger partial charge in [0.2, 0.25) is 0 Å². The van der Waals surface area contributed by atoms with Gasteiger partial charge in [-0.15, -0.1) is 0 Å². The van der Waals surface area contributed by atoms with E-state index < -0.39 is 23.6 Å². The summed E-state index contributed by atoms with van der Waals surface area (Å²) in [6, 6.07) is 3.90. The summed E-state index contributed by atoms with van der Waals surface area (Å²) in [5, 5.41) is 11.9. The molecule has 2 rings (SSSR count). The molecular formula is C15H18FNO3. The van der Waals surface area contributed by atoms with E-state index in [1.165, 1.54) is 6.07 Å². The van der Waals surface area contributed by atoms with Crippen LogP contribution in [0, 0.1) is 18.7 Å². The SMILES string of the molecule is Cc1ccc(C(=O)NC2CCCCC2C(=O)O)cc1F. The van der Waals surface area contributed by atoms with Crippen molar-refractivity contribution in [1.82, 2.24) is 5.32 Å². The number of benzene rings is 1. The highest BCUT2D eigenvalue weighted by Crippen LogP contribution is 2.25. The molecule has 0 bridgehead atoms. The van der Waals surface area contributed by atoms with Gasteiger partial charge in [0.15, 0.2) is 0 Å². The molecule has 0 radical (unpaired) electrons. The van der Waals surface area contributed by atoms with E-state index in [0.717, 1.165) is 12.8 Å². The van der Waals surface area contributed by atoms with Gasteiger partial charge in [0.05, 0.1) is 5.92 Å². The number of halogens is 1. The fourth-order valence-corrected chi connectivity index (χ4v) is 2.59. The van der Waals surface area contributed by atoms with Crippen LogP contribution in [0.1, 0.15) is 41.6 Å². The lowest BCUT2D eigenvalue weighted by molar-refractivity contribution is -0.143. The number of aryl methyl sites for hydroxylation is 1. The van der Waals surface area contributed by atoms with Crippen molar-refractivity contribution < 1.29 is 19.1 Å².